The molecule has 1 aliphatic heterocycles. The van der Waals surface area contributed by atoms with Crippen LogP contribution in [0.1, 0.15) is 22.3 Å². The summed E-state index contributed by atoms with van der Waals surface area (Å²) in [5.41, 5.74) is 3.81. The third-order valence-corrected chi connectivity index (χ3v) is 4.66. The lowest BCUT2D eigenvalue weighted by Gasteiger charge is -2.29. The fourth-order valence-electron chi connectivity index (χ4n) is 3.51. The van der Waals surface area contributed by atoms with E-state index in [1.807, 2.05) is 48.5 Å². The normalized spacial score (nSPS) is 13.6. The number of hydrogen-bond donors (Lipinski definition) is 0. The van der Waals surface area contributed by atoms with Gasteiger partial charge in [0.2, 0.25) is 0 Å². The van der Waals surface area contributed by atoms with Crippen molar-refractivity contribution in [1.82, 2.24) is 4.57 Å². The van der Waals surface area contributed by atoms with E-state index in [1.165, 1.54) is 0 Å². The lowest BCUT2D eigenvalue weighted by atomic mass is 10.0. The average Bonchev–Trinajstić information content (AvgIpc) is 3.04. The first-order chi connectivity index (χ1) is 11.8. The van der Waals surface area contributed by atoms with Crippen LogP contribution in [0.3, 0.4) is 0 Å². The number of anilines is 1. The van der Waals surface area contributed by atoms with Gasteiger partial charge in [-0.15, -0.1) is 0 Å². The van der Waals surface area contributed by atoms with Gasteiger partial charge in [-0.2, -0.15) is 0 Å². The minimum absolute atomic E-state index is 0.0929. The molecule has 1 aliphatic rings. The Morgan fingerprint density at radius 2 is 1.58 bits per heavy atom. The third-order valence-electron chi connectivity index (χ3n) is 4.66. The highest BCUT2D eigenvalue weighted by atomic mass is 16.1. The highest BCUT2D eigenvalue weighted by Gasteiger charge is 2.26. The van der Waals surface area contributed by atoms with E-state index < -0.39 is 0 Å². The lowest BCUT2D eigenvalue weighted by molar-refractivity contribution is 0.103. The summed E-state index contributed by atoms with van der Waals surface area (Å²) in [5, 5.41) is 0. The topological polar surface area (TPSA) is 25.2 Å². The van der Waals surface area contributed by atoms with Gasteiger partial charge in [-0.3, -0.25) is 4.79 Å². The fraction of sp³-hybridized carbons (Fsp3) is 0.190. The molecule has 120 valence electrons. The van der Waals surface area contributed by atoms with Crippen molar-refractivity contribution in [3.63, 3.8) is 0 Å². The Labute approximate surface area is 142 Å². The first-order valence-electron chi connectivity index (χ1n) is 8.35. The monoisotopic (exact) mass is 316 g/mol. The zero-order chi connectivity index (χ0) is 16.5. The average molecular weight is 316 g/mol. The van der Waals surface area contributed by atoms with Crippen molar-refractivity contribution in [2.75, 3.05) is 18.5 Å². The number of carbonyl (C=O) groups is 1. The predicted octanol–water partition coefficient (Wildman–Crippen LogP) is 4.23. The van der Waals surface area contributed by atoms with Crippen LogP contribution < -0.4 is 4.90 Å². The van der Waals surface area contributed by atoms with Crippen molar-refractivity contribution in [3.8, 4) is 11.3 Å². The van der Waals surface area contributed by atoms with Crippen molar-refractivity contribution in [2.24, 2.45) is 0 Å². The molecular formula is C21H20N2O. The minimum atomic E-state index is 0.0929. The maximum Gasteiger partial charge on any atom is 0.196 e. The summed E-state index contributed by atoms with van der Waals surface area (Å²) in [5.74, 6) is 1.13. The molecule has 0 aliphatic carbocycles. The Morgan fingerprint density at radius 3 is 2.29 bits per heavy atom. The molecule has 0 N–H and O–H groups in total. The quantitative estimate of drug-likeness (QED) is 0.676. The maximum absolute atomic E-state index is 13.1. The molecule has 0 bridgehead atoms. The fourth-order valence-corrected chi connectivity index (χ4v) is 3.51. The largest absolute Gasteiger partial charge is 0.360 e. The molecule has 0 atom stereocenters. The molecule has 1 aromatic heterocycles. The van der Waals surface area contributed by atoms with Gasteiger partial charge in [-0.05, 0) is 18.1 Å². The molecule has 0 fully saturated rings. The number of nitrogens with zero attached hydrogens (tertiary/aromatic N) is 2. The Morgan fingerprint density at radius 1 is 0.917 bits per heavy atom. The van der Waals surface area contributed by atoms with E-state index in [0.29, 0.717) is 0 Å². The zero-order valence-electron chi connectivity index (χ0n) is 13.8. The van der Waals surface area contributed by atoms with Gasteiger partial charge in [0.15, 0.2) is 5.78 Å². The zero-order valence-corrected chi connectivity index (χ0v) is 13.8. The molecular weight excluding hydrogens is 296 g/mol. The summed E-state index contributed by atoms with van der Waals surface area (Å²) in [6.07, 6.45) is 1.09. The number of rotatable bonds is 3. The highest BCUT2D eigenvalue weighted by Crippen LogP contribution is 2.35. The third kappa shape index (κ3) is 2.42. The van der Waals surface area contributed by atoms with Gasteiger partial charge in [0, 0.05) is 25.7 Å². The molecule has 4 rings (SSSR count). The van der Waals surface area contributed by atoms with E-state index >= 15 is 0 Å². The van der Waals surface area contributed by atoms with E-state index in [9.17, 15) is 4.79 Å². The summed E-state index contributed by atoms with van der Waals surface area (Å²) in [7, 11) is 2.07. The van der Waals surface area contributed by atoms with Gasteiger partial charge in [-0.1, -0.05) is 60.7 Å². The van der Waals surface area contributed by atoms with E-state index in [2.05, 4.69) is 34.7 Å². The molecule has 3 heteroatoms. The van der Waals surface area contributed by atoms with Crippen molar-refractivity contribution in [1.29, 1.82) is 0 Å². The van der Waals surface area contributed by atoms with Crippen molar-refractivity contribution in [2.45, 2.75) is 13.0 Å². The van der Waals surface area contributed by atoms with Crippen LogP contribution in [-0.4, -0.2) is 23.9 Å². The second kappa shape index (κ2) is 6.00. The number of ketones is 1. The van der Waals surface area contributed by atoms with Crippen LogP contribution in [-0.2, 0) is 6.54 Å². The number of aromatic nitrogens is 1. The molecule has 0 unspecified atom stereocenters. The minimum Gasteiger partial charge on any atom is -0.360 e. The Kier molecular flexibility index (Phi) is 3.69. The molecule has 24 heavy (non-hydrogen) atoms. The molecule has 2 heterocycles. The van der Waals surface area contributed by atoms with Crippen molar-refractivity contribution in [3.05, 3.63) is 77.9 Å². The van der Waals surface area contributed by atoms with Crippen LogP contribution in [0.4, 0.5) is 5.82 Å². The molecule has 3 aromatic rings. The smallest absolute Gasteiger partial charge is 0.196 e. The molecule has 0 saturated carbocycles. The molecule has 2 aromatic carbocycles. The van der Waals surface area contributed by atoms with Crippen LogP contribution in [0, 0.1) is 0 Å². The Hall–Kier alpha value is -2.81. The van der Waals surface area contributed by atoms with Crippen LogP contribution in [0.15, 0.2) is 66.7 Å². The highest BCUT2D eigenvalue weighted by molar-refractivity contribution is 6.13. The first-order valence-corrected chi connectivity index (χ1v) is 8.35. The van der Waals surface area contributed by atoms with E-state index in [-0.39, 0.29) is 5.78 Å². The summed E-state index contributed by atoms with van der Waals surface area (Å²) in [6, 6.07) is 21.9. The Bertz CT molecular complexity index is 866. The van der Waals surface area contributed by atoms with E-state index in [0.717, 1.165) is 47.7 Å². The first kappa shape index (κ1) is 14.8. The summed E-state index contributed by atoms with van der Waals surface area (Å²) < 4.78 is 2.29. The van der Waals surface area contributed by atoms with Crippen LogP contribution in [0.25, 0.3) is 11.3 Å². The van der Waals surface area contributed by atoms with Gasteiger partial charge >= 0.3 is 0 Å². The van der Waals surface area contributed by atoms with Gasteiger partial charge in [0.05, 0.1) is 11.3 Å². The summed E-state index contributed by atoms with van der Waals surface area (Å²) in [4.78, 5) is 15.3. The number of benzene rings is 2. The molecule has 0 radical (unpaired) electrons. The van der Waals surface area contributed by atoms with E-state index in [1.54, 1.807) is 0 Å². The Balaban J connectivity index is 1.89. The molecule has 0 saturated heterocycles. The van der Waals surface area contributed by atoms with Gasteiger partial charge in [0.25, 0.3) is 0 Å². The second-order valence-electron chi connectivity index (χ2n) is 6.25. The summed E-state index contributed by atoms with van der Waals surface area (Å²) in [6.45, 7) is 1.93. The number of fused-ring (bicyclic) bond motifs is 1. The van der Waals surface area contributed by atoms with Crippen molar-refractivity contribution >= 4 is 11.6 Å². The van der Waals surface area contributed by atoms with Crippen LogP contribution in [0.2, 0.25) is 0 Å². The summed E-state index contributed by atoms with van der Waals surface area (Å²) >= 11 is 0. The van der Waals surface area contributed by atoms with Crippen LogP contribution >= 0.6 is 0 Å². The molecule has 3 nitrogen and oxygen atoms in total. The van der Waals surface area contributed by atoms with Crippen LogP contribution in [0.5, 0.6) is 0 Å². The molecule has 0 spiro atoms. The number of hydrogen-bond acceptors (Lipinski definition) is 2. The maximum atomic E-state index is 13.1. The van der Waals surface area contributed by atoms with Gasteiger partial charge < -0.3 is 9.47 Å². The van der Waals surface area contributed by atoms with E-state index in [4.69, 9.17) is 0 Å². The predicted molar refractivity (Wildman–Crippen MR) is 97.6 cm³/mol. The SMILES string of the molecule is CN1CCCn2c(-c3ccccc3)cc(C(=O)c3ccccc3)c21. The van der Waals surface area contributed by atoms with Gasteiger partial charge in [-0.25, -0.2) is 0 Å². The standard InChI is InChI=1S/C21H20N2O/c1-22-13-8-14-23-19(16-9-4-2-5-10-16)15-18(21(22)23)20(24)17-11-6-3-7-12-17/h2-7,9-12,15H,8,13-14H2,1H3. The van der Waals surface area contributed by atoms with Gasteiger partial charge in [0.1, 0.15) is 5.82 Å². The second-order valence-corrected chi connectivity index (χ2v) is 6.25. The lowest BCUT2D eigenvalue weighted by Crippen LogP contribution is -2.29. The number of carbonyl (C=O) groups excluding carboxylic acids is 1. The van der Waals surface area contributed by atoms with Crippen molar-refractivity contribution < 1.29 is 4.79 Å². The molecule has 0 amide bonds.